The van der Waals surface area contributed by atoms with Crippen molar-refractivity contribution in [2.45, 2.75) is 6.42 Å². The molecule has 0 aliphatic heterocycles. The van der Waals surface area contributed by atoms with Gasteiger partial charge in [-0.05, 0) is 23.8 Å². The van der Waals surface area contributed by atoms with E-state index in [1.54, 1.807) is 18.5 Å². The van der Waals surface area contributed by atoms with Crippen LogP contribution in [0.4, 0.5) is 5.69 Å². The molecule has 98 valence electrons. The molecule has 2 heterocycles. The van der Waals surface area contributed by atoms with Crippen molar-refractivity contribution in [2.75, 3.05) is 5.73 Å². The van der Waals surface area contributed by atoms with Crippen LogP contribution in [0.5, 0.6) is 0 Å². The average Bonchev–Trinajstić information content (AvgIpc) is 2.48. The molecule has 0 unspecified atom stereocenters. The predicted octanol–water partition coefficient (Wildman–Crippen LogP) is 2.64. The van der Waals surface area contributed by atoms with Crippen LogP contribution in [0.15, 0.2) is 54.9 Å². The maximum absolute atomic E-state index is 12.3. The number of para-hydroxylation sites is 1. The molecule has 0 spiro atoms. The van der Waals surface area contributed by atoms with E-state index < -0.39 is 0 Å². The van der Waals surface area contributed by atoms with Gasteiger partial charge in [0.05, 0.1) is 5.52 Å². The molecule has 0 saturated heterocycles. The van der Waals surface area contributed by atoms with Gasteiger partial charge in [0, 0.05) is 29.9 Å². The highest BCUT2D eigenvalue weighted by Gasteiger charge is 2.11. The maximum atomic E-state index is 12.3. The van der Waals surface area contributed by atoms with Gasteiger partial charge in [0.1, 0.15) is 5.69 Å². The van der Waals surface area contributed by atoms with Crippen LogP contribution < -0.4 is 5.73 Å². The molecule has 0 atom stereocenters. The fourth-order valence-electron chi connectivity index (χ4n) is 2.12. The van der Waals surface area contributed by atoms with Crippen LogP contribution in [0.2, 0.25) is 0 Å². The van der Waals surface area contributed by atoms with Crippen LogP contribution in [-0.2, 0) is 6.42 Å². The lowest BCUT2D eigenvalue weighted by Crippen LogP contribution is -2.07. The van der Waals surface area contributed by atoms with Gasteiger partial charge in [0.15, 0.2) is 5.78 Å². The Kier molecular flexibility index (Phi) is 3.13. The van der Waals surface area contributed by atoms with Gasteiger partial charge in [0.2, 0.25) is 0 Å². The molecule has 0 amide bonds. The Morgan fingerprint density at radius 1 is 1.15 bits per heavy atom. The molecular formula is C16H13N3O. The largest absolute Gasteiger partial charge is 0.398 e. The third kappa shape index (κ3) is 2.36. The highest BCUT2D eigenvalue weighted by atomic mass is 16.1. The Balaban J connectivity index is 1.96. The molecule has 3 aromatic rings. The molecule has 4 nitrogen and oxygen atoms in total. The zero-order chi connectivity index (χ0) is 13.9. The fourth-order valence-corrected chi connectivity index (χ4v) is 2.12. The number of nitrogen functional groups attached to an aromatic ring is 1. The number of Topliss-reactive ketones (excluding diaryl/α,β-unsaturated/α-hetero) is 1. The number of hydrogen-bond donors (Lipinski definition) is 1. The number of fused-ring (bicyclic) bond motifs is 1. The van der Waals surface area contributed by atoms with Crippen molar-refractivity contribution in [1.29, 1.82) is 0 Å². The first kappa shape index (κ1) is 12.3. The van der Waals surface area contributed by atoms with E-state index in [2.05, 4.69) is 9.97 Å². The number of benzene rings is 1. The fraction of sp³-hybridized carbons (Fsp3) is 0.0625. The summed E-state index contributed by atoms with van der Waals surface area (Å²) in [6.45, 7) is 0. The molecule has 0 bridgehead atoms. The summed E-state index contributed by atoms with van der Waals surface area (Å²) in [4.78, 5) is 20.6. The summed E-state index contributed by atoms with van der Waals surface area (Å²) >= 11 is 0. The normalized spacial score (nSPS) is 10.6. The Labute approximate surface area is 116 Å². The van der Waals surface area contributed by atoms with Gasteiger partial charge < -0.3 is 5.73 Å². The molecule has 0 aliphatic carbocycles. The summed E-state index contributed by atoms with van der Waals surface area (Å²) in [5.74, 6) is -0.0598. The highest BCUT2D eigenvalue weighted by Crippen LogP contribution is 2.20. The van der Waals surface area contributed by atoms with E-state index in [9.17, 15) is 4.79 Å². The SMILES string of the molecule is Nc1cc(C(=O)Cc2cccnc2)nc2ccccc12. The van der Waals surface area contributed by atoms with E-state index in [0.29, 0.717) is 11.4 Å². The Morgan fingerprint density at radius 2 is 2.00 bits per heavy atom. The van der Waals surface area contributed by atoms with Gasteiger partial charge in [0.25, 0.3) is 0 Å². The molecule has 2 aromatic heterocycles. The van der Waals surface area contributed by atoms with Crippen LogP contribution >= 0.6 is 0 Å². The van der Waals surface area contributed by atoms with Gasteiger partial charge >= 0.3 is 0 Å². The van der Waals surface area contributed by atoms with E-state index in [1.165, 1.54) is 0 Å². The summed E-state index contributed by atoms with van der Waals surface area (Å²) in [7, 11) is 0. The standard InChI is InChI=1S/C16H13N3O/c17-13-9-15(19-14-6-2-1-5-12(13)14)16(20)8-11-4-3-7-18-10-11/h1-7,9-10H,8H2,(H2,17,19). The summed E-state index contributed by atoms with van der Waals surface area (Å²) in [6.07, 6.45) is 3.64. The van der Waals surface area contributed by atoms with Crippen molar-refractivity contribution >= 4 is 22.4 Å². The summed E-state index contributed by atoms with van der Waals surface area (Å²) < 4.78 is 0. The Bertz CT molecular complexity index is 769. The zero-order valence-electron chi connectivity index (χ0n) is 10.8. The minimum Gasteiger partial charge on any atom is -0.398 e. The topological polar surface area (TPSA) is 68.9 Å². The van der Waals surface area contributed by atoms with Crippen LogP contribution in [0.3, 0.4) is 0 Å². The lowest BCUT2D eigenvalue weighted by molar-refractivity contribution is 0.0988. The molecule has 3 rings (SSSR count). The summed E-state index contributed by atoms with van der Waals surface area (Å²) in [5.41, 5.74) is 8.56. The maximum Gasteiger partial charge on any atom is 0.185 e. The molecule has 0 saturated carbocycles. The zero-order valence-corrected chi connectivity index (χ0v) is 10.8. The van der Waals surface area contributed by atoms with Crippen molar-refractivity contribution < 1.29 is 4.79 Å². The lowest BCUT2D eigenvalue weighted by atomic mass is 10.1. The van der Waals surface area contributed by atoms with E-state index >= 15 is 0 Å². The molecular weight excluding hydrogens is 250 g/mol. The second kappa shape index (κ2) is 5.09. The molecule has 20 heavy (non-hydrogen) atoms. The summed E-state index contributed by atoms with van der Waals surface area (Å²) in [5, 5.41) is 0.866. The molecule has 1 aromatic carbocycles. The van der Waals surface area contributed by atoms with Crippen LogP contribution in [0.25, 0.3) is 10.9 Å². The van der Waals surface area contributed by atoms with E-state index in [0.717, 1.165) is 16.5 Å². The van der Waals surface area contributed by atoms with Crippen molar-refractivity contribution in [1.82, 2.24) is 9.97 Å². The van der Waals surface area contributed by atoms with E-state index in [-0.39, 0.29) is 12.2 Å². The second-order valence-corrected chi connectivity index (χ2v) is 4.58. The van der Waals surface area contributed by atoms with E-state index in [1.807, 2.05) is 36.4 Å². The van der Waals surface area contributed by atoms with Gasteiger partial charge in [-0.15, -0.1) is 0 Å². The van der Waals surface area contributed by atoms with Crippen molar-refractivity contribution in [3.63, 3.8) is 0 Å². The monoisotopic (exact) mass is 263 g/mol. The highest BCUT2D eigenvalue weighted by molar-refractivity contribution is 6.01. The number of ketones is 1. The predicted molar refractivity (Wildman–Crippen MR) is 78.4 cm³/mol. The molecule has 4 heteroatoms. The third-order valence-electron chi connectivity index (χ3n) is 3.12. The molecule has 0 fully saturated rings. The Hall–Kier alpha value is -2.75. The Morgan fingerprint density at radius 3 is 2.80 bits per heavy atom. The van der Waals surface area contributed by atoms with Crippen molar-refractivity contribution in [3.8, 4) is 0 Å². The third-order valence-corrected chi connectivity index (χ3v) is 3.12. The number of carbonyl (C=O) groups is 1. The minimum absolute atomic E-state index is 0.0598. The quantitative estimate of drug-likeness (QED) is 0.737. The molecule has 0 radical (unpaired) electrons. The average molecular weight is 263 g/mol. The van der Waals surface area contributed by atoms with Crippen molar-refractivity contribution in [3.05, 3.63) is 66.1 Å². The summed E-state index contributed by atoms with van der Waals surface area (Å²) in [6, 6.07) is 12.8. The minimum atomic E-state index is -0.0598. The van der Waals surface area contributed by atoms with Gasteiger partial charge in [-0.2, -0.15) is 0 Å². The van der Waals surface area contributed by atoms with Crippen LogP contribution in [0.1, 0.15) is 16.1 Å². The first-order valence-electron chi connectivity index (χ1n) is 6.31. The number of rotatable bonds is 3. The smallest absolute Gasteiger partial charge is 0.185 e. The number of nitrogens with two attached hydrogens (primary N) is 1. The lowest BCUT2D eigenvalue weighted by Gasteiger charge is -2.05. The van der Waals surface area contributed by atoms with Gasteiger partial charge in [-0.25, -0.2) is 4.98 Å². The van der Waals surface area contributed by atoms with Crippen molar-refractivity contribution in [2.24, 2.45) is 0 Å². The molecule has 2 N–H and O–H groups in total. The number of carbonyl (C=O) groups excluding carboxylic acids is 1. The van der Waals surface area contributed by atoms with Crippen LogP contribution in [0, 0.1) is 0 Å². The van der Waals surface area contributed by atoms with Gasteiger partial charge in [-0.3, -0.25) is 9.78 Å². The second-order valence-electron chi connectivity index (χ2n) is 4.58. The first-order chi connectivity index (χ1) is 9.74. The van der Waals surface area contributed by atoms with Crippen LogP contribution in [-0.4, -0.2) is 15.8 Å². The number of anilines is 1. The number of nitrogens with zero attached hydrogens (tertiary/aromatic N) is 2. The number of hydrogen-bond acceptors (Lipinski definition) is 4. The van der Waals surface area contributed by atoms with E-state index in [4.69, 9.17) is 5.73 Å². The number of pyridine rings is 2. The first-order valence-corrected chi connectivity index (χ1v) is 6.31. The van der Waals surface area contributed by atoms with Gasteiger partial charge in [-0.1, -0.05) is 24.3 Å². The molecule has 0 aliphatic rings. The number of aromatic nitrogens is 2.